The molecule has 2 amide bonds. The molecule has 124 valence electrons. The molecule has 1 saturated heterocycles. The predicted molar refractivity (Wildman–Crippen MR) is 81.4 cm³/mol. The van der Waals surface area contributed by atoms with Crippen molar-refractivity contribution in [2.45, 2.75) is 38.8 Å². The Morgan fingerprint density at radius 3 is 2.61 bits per heavy atom. The number of carbonyl (C=O) groups is 2. The Morgan fingerprint density at radius 1 is 1.39 bits per heavy atom. The quantitative estimate of drug-likeness (QED) is 0.628. The summed E-state index contributed by atoms with van der Waals surface area (Å²) in [7, 11) is 1.48. The number of non-ortho nitro benzene ring substituents is 1. The van der Waals surface area contributed by atoms with Crippen molar-refractivity contribution in [1.82, 2.24) is 10.0 Å². The highest BCUT2D eigenvalue weighted by atomic mass is 16.6. The van der Waals surface area contributed by atoms with E-state index in [4.69, 9.17) is 4.74 Å². The van der Waals surface area contributed by atoms with Gasteiger partial charge in [0.2, 0.25) is 0 Å². The lowest BCUT2D eigenvalue weighted by Crippen LogP contribution is -2.70. The molecular formula is C15H19N3O5. The van der Waals surface area contributed by atoms with Gasteiger partial charge in [-0.1, -0.05) is 12.1 Å². The fourth-order valence-corrected chi connectivity index (χ4v) is 2.33. The summed E-state index contributed by atoms with van der Waals surface area (Å²) in [5.41, 5.74) is -0.113. The number of hydrogen-bond donors (Lipinski definition) is 0. The van der Waals surface area contributed by atoms with Crippen molar-refractivity contribution in [3.05, 3.63) is 39.9 Å². The van der Waals surface area contributed by atoms with Gasteiger partial charge >= 0.3 is 6.09 Å². The van der Waals surface area contributed by atoms with Crippen LogP contribution >= 0.6 is 0 Å². The summed E-state index contributed by atoms with van der Waals surface area (Å²) in [6.45, 7) is 5.21. The predicted octanol–water partition coefficient (Wildman–Crippen LogP) is 2.13. The Kier molecular flexibility index (Phi) is 4.26. The van der Waals surface area contributed by atoms with Gasteiger partial charge in [0.05, 0.1) is 4.92 Å². The second-order valence-electron chi connectivity index (χ2n) is 6.33. The Balaban J connectivity index is 2.14. The van der Waals surface area contributed by atoms with Crippen molar-refractivity contribution in [1.29, 1.82) is 0 Å². The molecule has 8 heteroatoms. The highest BCUT2D eigenvalue weighted by Gasteiger charge is 2.47. The van der Waals surface area contributed by atoms with E-state index in [-0.39, 0.29) is 18.0 Å². The molecule has 1 aromatic carbocycles. The van der Waals surface area contributed by atoms with E-state index >= 15 is 0 Å². The van der Waals surface area contributed by atoms with Gasteiger partial charge in [-0.05, 0) is 26.3 Å². The normalized spacial score (nSPS) is 17.7. The summed E-state index contributed by atoms with van der Waals surface area (Å²) in [4.78, 5) is 34.5. The Morgan fingerprint density at radius 2 is 2.04 bits per heavy atom. The molecule has 0 spiro atoms. The third-order valence-electron chi connectivity index (χ3n) is 3.35. The number of rotatable bonds is 3. The summed E-state index contributed by atoms with van der Waals surface area (Å²) >= 11 is 0. The molecule has 0 N–H and O–H groups in total. The Labute approximate surface area is 133 Å². The van der Waals surface area contributed by atoms with Gasteiger partial charge < -0.3 is 4.74 Å². The van der Waals surface area contributed by atoms with E-state index in [2.05, 4.69) is 0 Å². The molecule has 0 bridgehead atoms. The Hall–Kier alpha value is -2.64. The SMILES string of the molecule is CN1C(=O)[C@H](Cc2cccc([N+](=O)[O-])c2)N1C(=O)OC(C)(C)C. The largest absolute Gasteiger partial charge is 0.442 e. The first kappa shape index (κ1) is 16.7. The average Bonchev–Trinajstić information content (AvgIpc) is 2.44. The summed E-state index contributed by atoms with van der Waals surface area (Å²) in [5.74, 6) is -0.234. The standard InChI is InChI=1S/C15H19N3O5/c1-15(2,3)23-14(20)17-12(13(19)16(17)4)9-10-6-5-7-11(8-10)18(21)22/h5-8,12H,9H2,1-4H3/t12-/m0/s1. The van der Waals surface area contributed by atoms with Crippen LogP contribution in [0.2, 0.25) is 0 Å². The van der Waals surface area contributed by atoms with Crippen LogP contribution in [0, 0.1) is 10.1 Å². The lowest BCUT2D eigenvalue weighted by atomic mass is 10.0. The van der Waals surface area contributed by atoms with E-state index < -0.39 is 22.7 Å². The number of nitro groups is 1. The molecule has 8 nitrogen and oxygen atoms in total. The zero-order valence-electron chi connectivity index (χ0n) is 13.5. The van der Waals surface area contributed by atoms with Crippen LogP contribution in [0.3, 0.4) is 0 Å². The molecule has 0 aliphatic carbocycles. The van der Waals surface area contributed by atoms with Gasteiger partial charge in [0.25, 0.3) is 11.6 Å². The van der Waals surface area contributed by atoms with E-state index in [9.17, 15) is 19.7 Å². The maximum atomic E-state index is 12.2. The van der Waals surface area contributed by atoms with Crippen LogP contribution in [0.1, 0.15) is 26.3 Å². The van der Waals surface area contributed by atoms with Gasteiger partial charge in [0.1, 0.15) is 11.6 Å². The van der Waals surface area contributed by atoms with Crippen LogP contribution in [0.5, 0.6) is 0 Å². The van der Waals surface area contributed by atoms with Gasteiger partial charge in [-0.15, -0.1) is 0 Å². The minimum absolute atomic E-state index is 0.0496. The van der Waals surface area contributed by atoms with Gasteiger partial charge in [-0.25, -0.2) is 14.8 Å². The first-order valence-corrected chi connectivity index (χ1v) is 7.13. The smallest absolute Gasteiger partial charge is 0.430 e. The second kappa shape index (κ2) is 5.86. The van der Waals surface area contributed by atoms with Gasteiger partial charge in [-0.2, -0.15) is 0 Å². The maximum absolute atomic E-state index is 12.2. The van der Waals surface area contributed by atoms with Crippen molar-refractivity contribution < 1.29 is 19.2 Å². The summed E-state index contributed by atoms with van der Waals surface area (Å²) < 4.78 is 5.28. The van der Waals surface area contributed by atoms with Crippen LogP contribution in [0.4, 0.5) is 10.5 Å². The molecule has 1 aromatic rings. The average molecular weight is 321 g/mol. The van der Waals surface area contributed by atoms with Crippen LogP contribution in [-0.4, -0.2) is 45.6 Å². The molecule has 23 heavy (non-hydrogen) atoms. The van der Waals surface area contributed by atoms with E-state index in [0.29, 0.717) is 5.56 Å². The first-order chi connectivity index (χ1) is 10.6. The minimum atomic E-state index is -0.711. The highest BCUT2D eigenvalue weighted by Crippen LogP contribution is 2.26. The minimum Gasteiger partial charge on any atom is -0.442 e. The second-order valence-corrected chi connectivity index (χ2v) is 6.33. The van der Waals surface area contributed by atoms with Crippen LogP contribution < -0.4 is 0 Å². The fourth-order valence-electron chi connectivity index (χ4n) is 2.33. The number of hydrazine groups is 1. The molecule has 1 atom stereocenters. The van der Waals surface area contributed by atoms with Crippen molar-refractivity contribution in [2.75, 3.05) is 7.05 Å². The molecular weight excluding hydrogens is 302 g/mol. The number of hydrogen-bond acceptors (Lipinski definition) is 5. The lowest BCUT2D eigenvalue weighted by molar-refractivity contribution is -0.384. The number of amides is 2. The molecule has 1 fully saturated rings. The number of ether oxygens (including phenoxy) is 1. The number of nitro benzene ring substituents is 1. The third kappa shape index (κ3) is 3.58. The van der Waals surface area contributed by atoms with Crippen molar-refractivity contribution in [2.24, 2.45) is 0 Å². The topological polar surface area (TPSA) is 93.0 Å². The third-order valence-corrected chi connectivity index (χ3v) is 3.35. The van der Waals surface area contributed by atoms with Gasteiger partial charge in [0, 0.05) is 25.6 Å². The van der Waals surface area contributed by atoms with Crippen LogP contribution in [-0.2, 0) is 16.0 Å². The lowest BCUT2D eigenvalue weighted by Gasteiger charge is -2.47. The van der Waals surface area contributed by atoms with Crippen molar-refractivity contribution in [3.63, 3.8) is 0 Å². The monoisotopic (exact) mass is 321 g/mol. The van der Waals surface area contributed by atoms with E-state index in [1.807, 2.05) is 0 Å². The molecule has 2 rings (SSSR count). The number of carbonyl (C=O) groups excluding carboxylic acids is 2. The van der Waals surface area contributed by atoms with Crippen LogP contribution in [0.25, 0.3) is 0 Å². The van der Waals surface area contributed by atoms with E-state index in [0.717, 1.165) is 0 Å². The number of benzene rings is 1. The zero-order chi connectivity index (χ0) is 17.4. The van der Waals surface area contributed by atoms with E-state index in [1.165, 1.54) is 29.2 Å². The summed E-state index contributed by atoms with van der Waals surface area (Å²) in [6, 6.07) is 5.31. The molecule has 1 aliphatic heterocycles. The maximum Gasteiger partial charge on any atom is 0.430 e. The first-order valence-electron chi connectivity index (χ1n) is 7.13. The summed E-state index contributed by atoms with van der Waals surface area (Å²) in [5, 5.41) is 13.2. The van der Waals surface area contributed by atoms with Gasteiger partial charge in [0.15, 0.2) is 0 Å². The molecule has 0 saturated carbocycles. The zero-order valence-corrected chi connectivity index (χ0v) is 13.5. The van der Waals surface area contributed by atoms with E-state index in [1.54, 1.807) is 32.9 Å². The van der Waals surface area contributed by atoms with Crippen LogP contribution in [0.15, 0.2) is 24.3 Å². The highest BCUT2D eigenvalue weighted by molar-refractivity contribution is 5.93. The van der Waals surface area contributed by atoms with Crippen molar-refractivity contribution in [3.8, 4) is 0 Å². The number of likely N-dealkylation sites (N-methyl/N-ethyl adjacent to an activating group) is 1. The Bertz CT molecular complexity index is 653. The summed E-state index contributed by atoms with van der Waals surface area (Å²) in [6.07, 6.45) is -0.417. The van der Waals surface area contributed by atoms with Crippen molar-refractivity contribution >= 4 is 17.7 Å². The molecule has 0 aromatic heterocycles. The molecule has 1 aliphatic rings. The molecule has 1 heterocycles. The number of nitrogens with zero attached hydrogens (tertiary/aromatic N) is 3. The molecule has 0 radical (unpaired) electrons. The van der Waals surface area contributed by atoms with Gasteiger partial charge in [-0.3, -0.25) is 14.9 Å². The molecule has 0 unspecified atom stereocenters. The fraction of sp³-hybridized carbons (Fsp3) is 0.467.